The molecule has 3 nitrogen and oxygen atoms in total. The summed E-state index contributed by atoms with van der Waals surface area (Å²) in [5.74, 6) is 0.711. The van der Waals surface area contributed by atoms with Crippen LogP contribution in [-0.2, 0) is 4.74 Å². The van der Waals surface area contributed by atoms with E-state index in [1.54, 1.807) is 0 Å². The molecule has 0 radical (unpaired) electrons. The molecular weight excluding hydrogens is 232 g/mol. The molecule has 0 aromatic heterocycles. The Morgan fingerprint density at radius 3 is 2.62 bits per heavy atom. The van der Waals surface area contributed by atoms with Crippen LogP contribution in [0.1, 0.15) is 6.92 Å². The second-order valence-electron chi connectivity index (χ2n) is 2.77. The molecule has 1 aliphatic heterocycles. The van der Waals surface area contributed by atoms with Crippen molar-refractivity contribution in [3.8, 4) is 0 Å². The summed E-state index contributed by atoms with van der Waals surface area (Å²) in [4.78, 5) is 0. The molecule has 0 amide bonds. The van der Waals surface area contributed by atoms with Crippen molar-refractivity contribution in [3.63, 3.8) is 0 Å². The number of halogens is 1. The predicted molar refractivity (Wildman–Crippen MR) is 55.7 cm³/mol. The predicted octanol–water partition coefficient (Wildman–Crippen LogP) is 2.58. The lowest BCUT2D eigenvalue weighted by Gasteiger charge is -2.10. The van der Waals surface area contributed by atoms with Gasteiger partial charge in [0.2, 0.25) is 5.90 Å². The van der Waals surface area contributed by atoms with Crippen molar-refractivity contribution < 1.29 is 4.74 Å². The van der Waals surface area contributed by atoms with E-state index in [2.05, 4.69) is 21.0 Å². The second-order valence-corrected chi connectivity index (χ2v) is 3.68. The third-order valence-electron chi connectivity index (χ3n) is 1.78. The van der Waals surface area contributed by atoms with Crippen LogP contribution < -0.4 is 5.01 Å². The minimum absolute atomic E-state index is 0.507. The Morgan fingerprint density at radius 2 is 2.08 bits per heavy atom. The molecule has 0 aliphatic carbocycles. The molecule has 0 unspecified atom stereocenters. The standard InChI is InChI=1S/C9H9BrN2O/c1-7-11-12(6-13-7)9-4-2-8(10)3-5-9/h2-5H,6H2,1H3. The molecule has 0 saturated carbocycles. The SMILES string of the molecule is CC1=NN(c2ccc(Br)cc2)CO1. The van der Waals surface area contributed by atoms with Gasteiger partial charge in [0.1, 0.15) is 0 Å². The summed E-state index contributed by atoms with van der Waals surface area (Å²) >= 11 is 3.38. The Bertz CT molecular complexity index is 334. The molecule has 4 heteroatoms. The number of rotatable bonds is 1. The molecule has 1 aromatic carbocycles. The quantitative estimate of drug-likeness (QED) is 0.754. The van der Waals surface area contributed by atoms with E-state index >= 15 is 0 Å². The van der Waals surface area contributed by atoms with Crippen LogP contribution in [0.25, 0.3) is 0 Å². The zero-order valence-electron chi connectivity index (χ0n) is 7.20. The van der Waals surface area contributed by atoms with Crippen LogP contribution in [0.2, 0.25) is 0 Å². The van der Waals surface area contributed by atoms with Gasteiger partial charge in [0, 0.05) is 11.4 Å². The fourth-order valence-corrected chi connectivity index (χ4v) is 1.39. The summed E-state index contributed by atoms with van der Waals surface area (Å²) in [7, 11) is 0. The molecule has 0 spiro atoms. The molecule has 1 aromatic rings. The van der Waals surface area contributed by atoms with Crippen LogP contribution in [0.3, 0.4) is 0 Å². The maximum atomic E-state index is 5.21. The topological polar surface area (TPSA) is 24.8 Å². The molecule has 1 aliphatic rings. The van der Waals surface area contributed by atoms with E-state index in [0.717, 1.165) is 10.2 Å². The van der Waals surface area contributed by atoms with Crippen molar-refractivity contribution in [2.24, 2.45) is 5.10 Å². The van der Waals surface area contributed by atoms with Crippen LogP contribution in [0, 0.1) is 0 Å². The third-order valence-corrected chi connectivity index (χ3v) is 2.31. The normalized spacial score (nSPS) is 15.5. The van der Waals surface area contributed by atoms with Crippen LogP contribution in [0.5, 0.6) is 0 Å². The Balaban J connectivity index is 2.22. The largest absolute Gasteiger partial charge is 0.457 e. The number of hydrazone groups is 1. The summed E-state index contributed by atoms with van der Waals surface area (Å²) in [6.45, 7) is 2.35. The first-order chi connectivity index (χ1) is 6.25. The third kappa shape index (κ3) is 1.83. The van der Waals surface area contributed by atoms with E-state index < -0.39 is 0 Å². The molecule has 0 atom stereocenters. The molecule has 0 fully saturated rings. The van der Waals surface area contributed by atoms with Gasteiger partial charge in [-0.25, -0.2) is 5.01 Å². The first kappa shape index (κ1) is 8.56. The lowest BCUT2D eigenvalue weighted by Crippen LogP contribution is -2.12. The molecule has 1 heterocycles. The van der Waals surface area contributed by atoms with E-state index in [9.17, 15) is 0 Å². The fraction of sp³-hybridized carbons (Fsp3) is 0.222. The van der Waals surface area contributed by atoms with Crippen LogP contribution in [0.4, 0.5) is 5.69 Å². The van der Waals surface area contributed by atoms with Crippen molar-refractivity contribution >= 4 is 27.5 Å². The van der Waals surface area contributed by atoms with Crippen molar-refractivity contribution in [3.05, 3.63) is 28.7 Å². The van der Waals surface area contributed by atoms with Gasteiger partial charge < -0.3 is 4.74 Å². The number of benzene rings is 1. The highest BCUT2D eigenvalue weighted by atomic mass is 79.9. The molecule has 0 bridgehead atoms. The number of anilines is 1. The molecule has 0 saturated heterocycles. The van der Waals surface area contributed by atoms with Gasteiger partial charge in [0.15, 0.2) is 6.73 Å². The minimum Gasteiger partial charge on any atom is -0.457 e. The Kier molecular flexibility index (Phi) is 2.22. The Labute approximate surface area is 85.1 Å². The van der Waals surface area contributed by atoms with Gasteiger partial charge in [-0.1, -0.05) is 15.9 Å². The van der Waals surface area contributed by atoms with Crippen LogP contribution >= 0.6 is 15.9 Å². The van der Waals surface area contributed by atoms with Crippen molar-refractivity contribution in [1.82, 2.24) is 0 Å². The van der Waals surface area contributed by atoms with E-state index in [1.165, 1.54) is 0 Å². The summed E-state index contributed by atoms with van der Waals surface area (Å²) in [6.07, 6.45) is 0. The van der Waals surface area contributed by atoms with Crippen LogP contribution in [-0.4, -0.2) is 12.6 Å². The minimum atomic E-state index is 0.507. The molecule has 2 rings (SSSR count). The van der Waals surface area contributed by atoms with Gasteiger partial charge in [0.25, 0.3) is 0 Å². The summed E-state index contributed by atoms with van der Waals surface area (Å²) in [5, 5.41) is 6.02. The summed E-state index contributed by atoms with van der Waals surface area (Å²) in [6, 6.07) is 7.96. The first-order valence-electron chi connectivity index (χ1n) is 3.97. The van der Waals surface area contributed by atoms with Gasteiger partial charge >= 0.3 is 0 Å². The van der Waals surface area contributed by atoms with E-state index in [1.807, 2.05) is 36.2 Å². The van der Waals surface area contributed by atoms with Crippen molar-refractivity contribution in [2.75, 3.05) is 11.7 Å². The summed E-state index contributed by atoms with van der Waals surface area (Å²) < 4.78 is 6.28. The average Bonchev–Trinajstić information content (AvgIpc) is 2.53. The van der Waals surface area contributed by atoms with Crippen molar-refractivity contribution in [1.29, 1.82) is 0 Å². The lowest BCUT2D eigenvalue weighted by molar-refractivity contribution is 0.335. The van der Waals surface area contributed by atoms with E-state index in [-0.39, 0.29) is 0 Å². The monoisotopic (exact) mass is 240 g/mol. The first-order valence-corrected chi connectivity index (χ1v) is 4.76. The maximum Gasteiger partial charge on any atom is 0.205 e. The Morgan fingerprint density at radius 1 is 1.38 bits per heavy atom. The zero-order valence-corrected chi connectivity index (χ0v) is 8.78. The second kappa shape index (κ2) is 3.38. The van der Waals surface area contributed by atoms with Gasteiger partial charge in [-0.05, 0) is 24.3 Å². The molecule has 68 valence electrons. The van der Waals surface area contributed by atoms with Gasteiger partial charge in [-0.3, -0.25) is 0 Å². The smallest absolute Gasteiger partial charge is 0.205 e. The highest BCUT2D eigenvalue weighted by molar-refractivity contribution is 9.10. The van der Waals surface area contributed by atoms with Crippen LogP contribution in [0.15, 0.2) is 33.8 Å². The summed E-state index contributed by atoms with van der Waals surface area (Å²) in [5.41, 5.74) is 1.04. The Hall–Kier alpha value is -1.03. The van der Waals surface area contributed by atoms with Gasteiger partial charge in [-0.2, -0.15) is 0 Å². The number of nitrogens with zero attached hydrogens (tertiary/aromatic N) is 2. The molecule has 13 heavy (non-hydrogen) atoms. The number of hydrogen-bond donors (Lipinski definition) is 0. The molecule has 0 N–H and O–H groups in total. The number of hydrogen-bond acceptors (Lipinski definition) is 3. The van der Waals surface area contributed by atoms with Crippen molar-refractivity contribution in [2.45, 2.75) is 6.92 Å². The highest BCUT2D eigenvalue weighted by Crippen LogP contribution is 2.20. The van der Waals surface area contributed by atoms with Gasteiger partial charge in [0.05, 0.1) is 5.69 Å². The maximum absolute atomic E-state index is 5.21. The van der Waals surface area contributed by atoms with E-state index in [0.29, 0.717) is 12.6 Å². The zero-order chi connectivity index (χ0) is 9.26. The lowest BCUT2D eigenvalue weighted by atomic mass is 10.3. The number of ether oxygens (including phenoxy) is 1. The molecular formula is C9H9BrN2O. The highest BCUT2D eigenvalue weighted by Gasteiger charge is 2.12. The average molecular weight is 241 g/mol. The van der Waals surface area contributed by atoms with Gasteiger partial charge in [-0.15, -0.1) is 5.10 Å². The van der Waals surface area contributed by atoms with E-state index in [4.69, 9.17) is 4.74 Å². The fourth-order valence-electron chi connectivity index (χ4n) is 1.13.